The number of hydrogen-bond acceptors (Lipinski definition) is 3. The van der Waals surface area contributed by atoms with Crippen molar-refractivity contribution in [3.05, 3.63) is 0 Å². The molecule has 86 valence electrons. The summed E-state index contributed by atoms with van der Waals surface area (Å²) in [4.78, 5) is 22.7. The second kappa shape index (κ2) is 3.32. The first-order chi connectivity index (χ1) is 6.65. The van der Waals surface area contributed by atoms with Crippen LogP contribution in [-0.4, -0.2) is 17.9 Å². The van der Waals surface area contributed by atoms with Crippen LogP contribution < -0.4 is 0 Å². The van der Waals surface area contributed by atoms with Crippen molar-refractivity contribution in [1.29, 1.82) is 0 Å². The topological polar surface area (TPSA) is 43.4 Å². The predicted molar refractivity (Wildman–Crippen MR) is 57.4 cm³/mol. The van der Waals surface area contributed by atoms with Gasteiger partial charge in [0.25, 0.3) is 0 Å². The third-order valence-electron chi connectivity index (χ3n) is 3.07. The quantitative estimate of drug-likeness (QED) is 0.532. The second-order valence-electron chi connectivity index (χ2n) is 5.97. The molecule has 1 aliphatic carbocycles. The van der Waals surface area contributed by atoms with E-state index in [0.717, 1.165) is 19.1 Å². The second-order valence-corrected chi connectivity index (χ2v) is 5.97. The van der Waals surface area contributed by atoms with E-state index in [0.29, 0.717) is 0 Å². The Morgan fingerprint density at radius 3 is 1.93 bits per heavy atom. The molecule has 0 radical (unpaired) electrons. The summed E-state index contributed by atoms with van der Waals surface area (Å²) in [6, 6.07) is 0. The minimum Gasteiger partial charge on any atom is -0.458 e. The van der Waals surface area contributed by atoms with Crippen LogP contribution in [0.2, 0.25) is 0 Å². The van der Waals surface area contributed by atoms with Gasteiger partial charge >= 0.3 is 5.97 Å². The fraction of sp³-hybridized carbons (Fsp3) is 0.833. The van der Waals surface area contributed by atoms with E-state index in [9.17, 15) is 9.59 Å². The van der Waals surface area contributed by atoms with Crippen LogP contribution in [0.5, 0.6) is 0 Å². The molecule has 0 aliphatic heterocycles. The molecule has 1 aliphatic rings. The van der Waals surface area contributed by atoms with Gasteiger partial charge in [-0.3, -0.25) is 4.79 Å². The smallest absolute Gasteiger partial charge is 0.311 e. The maximum absolute atomic E-state index is 11.7. The Labute approximate surface area is 91.2 Å². The summed E-state index contributed by atoms with van der Waals surface area (Å²) in [6.45, 7) is 9.10. The van der Waals surface area contributed by atoms with E-state index in [4.69, 9.17) is 4.74 Å². The van der Waals surface area contributed by atoms with Crippen molar-refractivity contribution in [2.24, 2.45) is 10.8 Å². The SMILES string of the molecule is CC(C)(C)C(=O)OC1(C(C)(C)C=O)CC1. The lowest BCUT2D eigenvalue weighted by molar-refractivity contribution is -0.168. The molecule has 0 unspecified atom stereocenters. The molecule has 0 saturated heterocycles. The molecule has 0 heterocycles. The van der Waals surface area contributed by atoms with Crippen LogP contribution in [0.25, 0.3) is 0 Å². The maximum atomic E-state index is 11.7. The number of aldehydes is 1. The predicted octanol–water partition coefficient (Wildman–Crippen LogP) is 2.33. The number of esters is 1. The third-order valence-corrected chi connectivity index (χ3v) is 3.07. The van der Waals surface area contributed by atoms with E-state index >= 15 is 0 Å². The van der Waals surface area contributed by atoms with Crippen molar-refractivity contribution in [2.45, 2.75) is 53.1 Å². The maximum Gasteiger partial charge on any atom is 0.311 e. The van der Waals surface area contributed by atoms with Crippen molar-refractivity contribution in [3.63, 3.8) is 0 Å². The molecule has 0 amide bonds. The van der Waals surface area contributed by atoms with Crippen LogP contribution in [0, 0.1) is 10.8 Å². The van der Waals surface area contributed by atoms with Gasteiger partial charge in [-0.15, -0.1) is 0 Å². The van der Waals surface area contributed by atoms with E-state index in [1.807, 2.05) is 34.6 Å². The minimum absolute atomic E-state index is 0.227. The summed E-state index contributed by atoms with van der Waals surface area (Å²) in [5, 5.41) is 0. The third kappa shape index (κ3) is 2.21. The molecular formula is C12H20O3. The average molecular weight is 212 g/mol. The van der Waals surface area contributed by atoms with Crippen molar-refractivity contribution in [2.75, 3.05) is 0 Å². The highest BCUT2D eigenvalue weighted by atomic mass is 16.6. The van der Waals surface area contributed by atoms with Gasteiger partial charge in [-0.1, -0.05) is 0 Å². The first-order valence-electron chi connectivity index (χ1n) is 5.34. The lowest BCUT2D eigenvalue weighted by Crippen LogP contribution is -2.40. The van der Waals surface area contributed by atoms with Gasteiger partial charge in [-0.25, -0.2) is 0 Å². The van der Waals surface area contributed by atoms with Gasteiger partial charge in [0.1, 0.15) is 11.9 Å². The van der Waals surface area contributed by atoms with E-state index in [-0.39, 0.29) is 5.97 Å². The number of ether oxygens (including phenoxy) is 1. The number of rotatable bonds is 3. The molecule has 0 atom stereocenters. The summed E-state index contributed by atoms with van der Waals surface area (Å²) in [5.41, 5.74) is -1.62. The summed E-state index contributed by atoms with van der Waals surface area (Å²) >= 11 is 0. The zero-order chi connectivity index (χ0) is 11.9. The summed E-state index contributed by atoms with van der Waals surface area (Å²) in [6.07, 6.45) is 2.47. The molecule has 1 rings (SSSR count). The molecule has 1 fully saturated rings. The van der Waals surface area contributed by atoms with Crippen molar-refractivity contribution in [1.82, 2.24) is 0 Å². The Kier molecular flexibility index (Phi) is 2.71. The molecule has 0 aromatic rings. The van der Waals surface area contributed by atoms with Crippen LogP contribution >= 0.6 is 0 Å². The van der Waals surface area contributed by atoms with Crippen LogP contribution in [-0.2, 0) is 14.3 Å². The highest BCUT2D eigenvalue weighted by Gasteiger charge is 2.58. The Balaban J connectivity index is 2.75. The average Bonchev–Trinajstić information content (AvgIpc) is 2.84. The van der Waals surface area contributed by atoms with Crippen LogP contribution in [0.3, 0.4) is 0 Å². The highest BCUT2D eigenvalue weighted by Crippen LogP contribution is 2.52. The van der Waals surface area contributed by atoms with E-state index in [2.05, 4.69) is 0 Å². The Bertz CT molecular complexity index is 280. The van der Waals surface area contributed by atoms with Crippen molar-refractivity contribution < 1.29 is 14.3 Å². The zero-order valence-electron chi connectivity index (χ0n) is 10.2. The number of hydrogen-bond donors (Lipinski definition) is 0. The van der Waals surface area contributed by atoms with Gasteiger partial charge in [-0.2, -0.15) is 0 Å². The molecular weight excluding hydrogens is 192 g/mol. The van der Waals surface area contributed by atoms with Crippen molar-refractivity contribution in [3.8, 4) is 0 Å². The molecule has 0 spiro atoms. The van der Waals surface area contributed by atoms with Crippen LogP contribution in [0.1, 0.15) is 47.5 Å². The summed E-state index contributed by atoms with van der Waals surface area (Å²) in [5.74, 6) is -0.227. The molecule has 1 saturated carbocycles. The molecule has 15 heavy (non-hydrogen) atoms. The van der Waals surface area contributed by atoms with Crippen LogP contribution in [0.15, 0.2) is 0 Å². The molecule has 0 aromatic heterocycles. The first kappa shape index (κ1) is 12.2. The standard InChI is InChI=1S/C12H20O3/c1-10(2,3)9(14)15-12(6-7-12)11(4,5)8-13/h8H,6-7H2,1-5H3. The largest absolute Gasteiger partial charge is 0.458 e. The minimum atomic E-state index is -0.575. The normalized spacial score (nSPS) is 19.5. The molecule has 3 nitrogen and oxygen atoms in total. The monoisotopic (exact) mass is 212 g/mol. The molecule has 3 heteroatoms. The molecule has 0 bridgehead atoms. The zero-order valence-corrected chi connectivity index (χ0v) is 10.2. The van der Waals surface area contributed by atoms with Gasteiger partial charge in [0.15, 0.2) is 0 Å². The van der Waals surface area contributed by atoms with E-state index in [1.165, 1.54) is 0 Å². The number of carbonyl (C=O) groups excluding carboxylic acids is 2. The Morgan fingerprint density at radius 2 is 1.67 bits per heavy atom. The lowest BCUT2D eigenvalue weighted by atomic mass is 9.85. The summed E-state index contributed by atoms with van der Waals surface area (Å²) < 4.78 is 5.50. The van der Waals surface area contributed by atoms with Gasteiger partial charge < -0.3 is 9.53 Å². The van der Waals surface area contributed by atoms with E-state index < -0.39 is 16.4 Å². The Hall–Kier alpha value is -0.860. The lowest BCUT2D eigenvalue weighted by Gasteiger charge is -2.31. The van der Waals surface area contributed by atoms with E-state index in [1.54, 1.807) is 0 Å². The fourth-order valence-electron chi connectivity index (χ4n) is 1.43. The fourth-order valence-corrected chi connectivity index (χ4v) is 1.43. The van der Waals surface area contributed by atoms with Crippen molar-refractivity contribution >= 4 is 12.3 Å². The van der Waals surface area contributed by atoms with Gasteiger partial charge in [0, 0.05) is 0 Å². The number of carbonyl (C=O) groups is 2. The molecule has 0 aromatic carbocycles. The van der Waals surface area contributed by atoms with Crippen LogP contribution in [0.4, 0.5) is 0 Å². The Morgan fingerprint density at radius 1 is 1.20 bits per heavy atom. The molecule has 0 N–H and O–H groups in total. The first-order valence-corrected chi connectivity index (χ1v) is 5.34. The highest BCUT2D eigenvalue weighted by molar-refractivity contribution is 5.77. The van der Waals surface area contributed by atoms with Gasteiger partial charge in [0.2, 0.25) is 0 Å². The summed E-state index contributed by atoms with van der Waals surface area (Å²) in [7, 11) is 0. The van der Waals surface area contributed by atoms with Gasteiger partial charge in [0.05, 0.1) is 10.8 Å². The van der Waals surface area contributed by atoms with Gasteiger partial charge in [-0.05, 0) is 47.5 Å².